The molecule has 21 heavy (non-hydrogen) atoms. The van der Waals surface area contributed by atoms with Gasteiger partial charge in [0.15, 0.2) is 0 Å². The van der Waals surface area contributed by atoms with Gasteiger partial charge in [0.25, 0.3) is 0 Å². The number of aromatic nitrogens is 2. The zero-order valence-electron chi connectivity index (χ0n) is 11.7. The van der Waals surface area contributed by atoms with Crippen molar-refractivity contribution in [1.82, 2.24) is 9.78 Å². The third-order valence-electron chi connectivity index (χ3n) is 3.58. The van der Waals surface area contributed by atoms with E-state index >= 15 is 0 Å². The van der Waals surface area contributed by atoms with E-state index < -0.39 is 5.97 Å². The number of hydrogen-bond acceptors (Lipinski definition) is 4. The van der Waals surface area contributed by atoms with Gasteiger partial charge in [-0.3, -0.25) is 0 Å². The zero-order chi connectivity index (χ0) is 14.8. The summed E-state index contributed by atoms with van der Waals surface area (Å²) < 4.78 is 12.6. The Morgan fingerprint density at radius 2 is 2.29 bits per heavy atom. The van der Waals surface area contributed by atoms with E-state index in [0.29, 0.717) is 23.7 Å². The maximum Gasteiger partial charge on any atom is 0.339 e. The molecule has 1 aromatic carbocycles. The molecule has 0 amide bonds. The van der Waals surface area contributed by atoms with Crippen LogP contribution in [0.25, 0.3) is 5.69 Å². The molecule has 2 heterocycles. The van der Waals surface area contributed by atoms with Gasteiger partial charge in [-0.2, -0.15) is 5.10 Å². The van der Waals surface area contributed by atoms with Crippen LogP contribution in [0.3, 0.4) is 0 Å². The van der Waals surface area contributed by atoms with Gasteiger partial charge >= 0.3 is 5.97 Å². The third-order valence-corrected chi connectivity index (χ3v) is 3.58. The van der Waals surface area contributed by atoms with E-state index in [2.05, 4.69) is 5.10 Å². The second-order valence-corrected chi connectivity index (χ2v) is 4.83. The molecule has 110 valence electrons. The molecule has 2 aromatic rings. The Labute approximate surface area is 121 Å². The number of nitrogens with zero attached hydrogens (tertiary/aromatic N) is 2. The van der Waals surface area contributed by atoms with Gasteiger partial charge in [0.1, 0.15) is 23.1 Å². The molecule has 0 radical (unpaired) electrons. The number of ether oxygens (including phenoxy) is 2. The summed E-state index contributed by atoms with van der Waals surface area (Å²) in [6, 6.07) is 7.38. The van der Waals surface area contributed by atoms with Gasteiger partial charge in [-0.15, -0.1) is 0 Å². The highest BCUT2D eigenvalue weighted by atomic mass is 16.5. The monoisotopic (exact) mass is 288 g/mol. The Morgan fingerprint density at radius 3 is 2.95 bits per heavy atom. The topological polar surface area (TPSA) is 73.6 Å². The van der Waals surface area contributed by atoms with Gasteiger partial charge < -0.3 is 14.6 Å². The Hall–Kier alpha value is -2.34. The molecule has 6 heteroatoms. The van der Waals surface area contributed by atoms with E-state index in [-0.39, 0.29) is 11.7 Å². The van der Waals surface area contributed by atoms with E-state index in [0.717, 1.165) is 12.8 Å². The van der Waals surface area contributed by atoms with Gasteiger partial charge in [0.2, 0.25) is 0 Å². The number of carbonyl (C=O) groups is 1. The maximum absolute atomic E-state index is 11.4. The van der Waals surface area contributed by atoms with Gasteiger partial charge in [-0.05, 0) is 25.0 Å². The second kappa shape index (κ2) is 5.57. The minimum atomic E-state index is -0.998. The van der Waals surface area contributed by atoms with Crippen molar-refractivity contribution >= 4 is 5.97 Å². The second-order valence-electron chi connectivity index (χ2n) is 4.83. The summed E-state index contributed by atoms with van der Waals surface area (Å²) in [5.41, 5.74) is 1.45. The van der Waals surface area contributed by atoms with Crippen LogP contribution in [0.2, 0.25) is 0 Å². The number of aromatic carboxylic acids is 1. The first-order valence-electron chi connectivity index (χ1n) is 6.78. The molecule has 0 saturated carbocycles. The zero-order valence-corrected chi connectivity index (χ0v) is 11.7. The van der Waals surface area contributed by atoms with Crippen LogP contribution < -0.4 is 4.74 Å². The van der Waals surface area contributed by atoms with Crippen LogP contribution in [0.15, 0.2) is 30.5 Å². The van der Waals surface area contributed by atoms with E-state index in [1.165, 1.54) is 6.20 Å². The molecule has 3 rings (SSSR count). The lowest BCUT2D eigenvalue weighted by Crippen LogP contribution is -2.12. The van der Waals surface area contributed by atoms with E-state index in [1.807, 2.05) is 24.3 Å². The summed E-state index contributed by atoms with van der Waals surface area (Å²) >= 11 is 0. The van der Waals surface area contributed by atoms with Crippen molar-refractivity contribution in [3.05, 3.63) is 41.7 Å². The predicted molar refractivity (Wildman–Crippen MR) is 75.0 cm³/mol. The molecular weight excluding hydrogens is 272 g/mol. The largest absolute Gasteiger partial charge is 0.494 e. The summed E-state index contributed by atoms with van der Waals surface area (Å²) in [7, 11) is 1.58. The van der Waals surface area contributed by atoms with Crippen molar-refractivity contribution in [2.45, 2.75) is 18.9 Å². The Bertz CT molecular complexity index is 659. The number of para-hydroxylation sites is 2. The molecule has 0 spiro atoms. The highest BCUT2D eigenvalue weighted by Gasteiger charge is 2.29. The summed E-state index contributed by atoms with van der Waals surface area (Å²) in [6.07, 6.45) is 2.83. The van der Waals surface area contributed by atoms with Crippen LogP contribution in [-0.2, 0) is 4.74 Å². The molecule has 1 saturated heterocycles. The minimum Gasteiger partial charge on any atom is -0.494 e. The lowest BCUT2D eigenvalue weighted by atomic mass is 10.1. The first-order valence-corrected chi connectivity index (χ1v) is 6.78. The first kappa shape index (κ1) is 13.6. The van der Waals surface area contributed by atoms with Gasteiger partial charge in [-0.1, -0.05) is 12.1 Å². The molecule has 0 bridgehead atoms. The normalized spacial score (nSPS) is 17.9. The molecular formula is C15H16N2O4. The number of carboxylic acids is 1. The van der Waals surface area contributed by atoms with Crippen molar-refractivity contribution in [1.29, 1.82) is 0 Å². The summed E-state index contributed by atoms with van der Waals surface area (Å²) in [4.78, 5) is 11.4. The average molecular weight is 288 g/mol. The SMILES string of the molecule is COc1ccccc1-n1ncc(C(=O)O)c1C1CCCO1. The fraction of sp³-hybridized carbons (Fsp3) is 0.333. The van der Waals surface area contributed by atoms with Crippen LogP contribution in [0.4, 0.5) is 0 Å². The Balaban J connectivity index is 2.16. The number of hydrogen-bond donors (Lipinski definition) is 1. The number of benzene rings is 1. The summed E-state index contributed by atoms with van der Waals surface area (Å²) in [5, 5.41) is 13.6. The molecule has 1 N–H and O–H groups in total. The Morgan fingerprint density at radius 1 is 1.48 bits per heavy atom. The molecule has 1 unspecified atom stereocenters. The van der Waals surface area contributed by atoms with Crippen LogP contribution in [-0.4, -0.2) is 34.6 Å². The third kappa shape index (κ3) is 2.38. The lowest BCUT2D eigenvalue weighted by molar-refractivity contribution is 0.0679. The van der Waals surface area contributed by atoms with Crippen molar-refractivity contribution in [2.24, 2.45) is 0 Å². The molecule has 1 aromatic heterocycles. The van der Waals surface area contributed by atoms with Crippen LogP contribution >= 0.6 is 0 Å². The highest BCUT2D eigenvalue weighted by Crippen LogP contribution is 2.34. The minimum absolute atomic E-state index is 0.174. The number of methoxy groups -OCH3 is 1. The molecule has 1 aliphatic heterocycles. The Kier molecular flexibility index (Phi) is 3.62. The van der Waals surface area contributed by atoms with Crippen molar-refractivity contribution in [3.8, 4) is 11.4 Å². The fourth-order valence-corrected chi connectivity index (χ4v) is 2.62. The van der Waals surface area contributed by atoms with Crippen molar-refractivity contribution < 1.29 is 19.4 Å². The van der Waals surface area contributed by atoms with Gasteiger partial charge in [-0.25, -0.2) is 9.48 Å². The van der Waals surface area contributed by atoms with E-state index in [1.54, 1.807) is 11.8 Å². The number of carboxylic acid groups (broad SMARTS) is 1. The van der Waals surface area contributed by atoms with E-state index in [9.17, 15) is 9.90 Å². The highest BCUT2D eigenvalue weighted by molar-refractivity contribution is 5.89. The van der Waals surface area contributed by atoms with Crippen LogP contribution in [0, 0.1) is 0 Å². The standard InChI is InChI=1S/C15H16N2O4/c1-20-12-6-3-2-5-11(12)17-14(13-7-4-8-21-13)10(9-16-17)15(18)19/h2-3,5-6,9,13H,4,7-8H2,1H3,(H,18,19). The fourth-order valence-electron chi connectivity index (χ4n) is 2.62. The summed E-state index contributed by atoms with van der Waals surface area (Å²) in [5.74, 6) is -0.363. The lowest BCUT2D eigenvalue weighted by Gasteiger charge is -2.16. The molecule has 6 nitrogen and oxygen atoms in total. The summed E-state index contributed by atoms with van der Waals surface area (Å²) in [6.45, 7) is 0.640. The maximum atomic E-state index is 11.4. The molecule has 1 fully saturated rings. The van der Waals surface area contributed by atoms with Crippen LogP contribution in [0.1, 0.15) is 35.0 Å². The van der Waals surface area contributed by atoms with E-state index in [4.69, 9.17) is 9.47 Å². The first-order chi connectivity index (χ1) is 10.2. The number of rotatable bonds is 4. The van der Waals surface area contributed by atoms with Gasteiger partial charge in [0, 0.05) is 6.61 Å². The quantitative estimate of drug-likeness (QED) is 0.935. The molecule has 1 atom stereocenters. The van der Waals surface area contributed by atoms with Crippen LogP contribution in [0.5, 0.6) is 5.75 Å². The molecule has 1 aliphatic rings. The van der Waals surface area contributed by atoms with Crippen molar-refractivity contribution in [2.75, 3.05) is 13.7 Å². The van der Waals surface area contributed by atoms with Gasteiger partial charge in [0.05, 0.1) is 19.0 Å². The smallest absolute Gasteiger partial charge is 0.339 e. The predicted octanol–water partition coefficient (Wildman–Crippen LogP) is 2.43. The average Bonchev–Trinajstić information content (AvgIpc) is 3.15. The van der Waals surface area contributed by atoms with Crippen molar-refractivity contribution in [3.63, 3.8) is 0 Å². The molecule has 0 aliphatic carbocycles.